The fourth-order valence-electron chi connectivity index (χ4n) is 2.49. The number of aromatic nitrogens is 1. The van der Waals surface area contributed by atoms with Crippen LogP contribution in [0.1, 0.15) is 5.56 Å². The Kier molecular flexibility index (Phi) is 4.47. The highest BCUT2D eigenvalue weighted by Crippen LogP contribution is 2.22. The summed E-state index contributed by atoms with van der Waals surface area (Å²) < 4.78 is 5.19. The second-order valence-electron chi connectivity index (χ2n) is 5.23. The van der Waals surface area contributed by atoms with Gasteiger partial charge < -0.3 is 20.4 Å². The molecule has 118 valence electrons. The average molecular weight is 309 g/mol. The molecule has 0 unspecified atom stereocenters. The number of nitrogens with one attached hydrogen (secondary N) is 3. The highest BCUT2D eigenvalue weighted by atomic mass is 16.5. The van der Waals surface area contributed by atoms with Crippen molar-refractivity contribution in [2.45, 2.75) is 6.42 Å². The van der Waals surface area contributed by atoms with Crippen LogP contribution in [-0.2, 0) is 6.42 Å². The average Bonchev–Trinajstić information content (AvgIpc) is 2.98. The van der Waals surface area contributed by atoms with Gasteiger partial charge in [-0.05, 0) is 30.2 Å². The third kappa shape index (κ3) is 3.63. The lowest BCUT2D eigenvalue weighted by Crippen LogP contribution is -2.30. The number of H-pyrrole nitrogens is 1. The standard InChI is InChI=1S/C18H19N3O2/c1-23-14-6-4-5-13(11-14)9-10-19-18(22)21-17-12-20-16-8-3-2-7-15(16)17/h2-8,11-12,20H,9-10H2,1H3,(H2,19,21,22). The monoisotopic (exact) mass is 309 g/mol. The largest absolute Gasteiger partial charge is 0.497 e. The van der Waals surface area contributed by atoms with Crippen LogP contribution in [0.4, 0.5) is 10.5 Å². The zero-order chi connectivity index (χ0) is 16.1. The Morgan fingerprint density at radius 1 is 1.17 bits per heavy atom. The molecule has 3 N–H and O–H groups in total. The summed E-state index contributed by atoms with van der Waals surface area (Å²) in [5.74, 6) is 0.825. The van der Waals surface area contributed by atoms with E-state index in [1.54, 1.807) is 13.3 Å². The van der Waals surface area contributed by atoms with Gasteiger partial charge in [0.25, 0.3) is 0 Å². The summed E-state index contributed by atoms with van der Waals surface area (Å²) >= 11 is 0. The Morgan fingerprint density at radius 3 is 2.91 bits per heavy atom. The quantitative estimate of drug-likeness (QED) is 0.675. The molecule has 0 bridgehead atoms. The van der Waals surface area contributed by atoms with Crippen LogP contribution in [0.25, 0.3) is 10.9 Å². The van der Waals surface area contributed by atoms with Crippen LogP contribution in [0, 0.1) is 0 Å². The van der Waals surface area contributed by atoms with E-state index in [-0.39, 0.29) is 6.03 Å². The van der Waals surface area contributed by atoms with E-state index in [1.165, 1.54) is 0 Å². The molecule has 0 spiro atoms. The van der Waals surface area contributed by atoms with Crippen LogP contribution in [0.15, 0.2) is 54.7 Å². The minimum Gasteiger partial charge on any atom is -0.497 e. The molecule has 0 saturated carbocycles. The first kappa shape index (κ1) is 15.0. The van der Waals surface area contributed by atoms with Crippen LogP contribution in [-0.4, -0.2) is 24.7 Å². The molecular formula is C18H19N3O2. The molecule has 0 atom stereocenters. The molecule has 0 aliphatic heterocycles. The van der Waals surface area contributed by atoms with Crippen LogP contribution >= 0.6 is 0 Å². The van der Waals surface area contributed by atoms with Crippen LogP contribution in [0.5, 0.6) is 5.75 Å². The molecule has 1 heterocycles. The molecule has 3 rings (SSSR count). The molecule has 0 aliphatic carbocycles. The summed E-state index contributed by atoms with van der Waals surface area (Å²) in [6, 6.07) is 15.5. The maximum Gasteiger partial charge on any atom is 0.319 e. The number of rotatable bonds is 5. The normalized spacial score (nSPS) is 10.5. The SMILES string of the molecule is COc1cccc(CCNC(=O)Nc2c[nH]c3ccccc23)c1. The topological polar surface area (TPSA) is 66.2 Å². The van der Waals surface area contributed by atoms with Gasteiger partial charge in [-0.2, -0.15) is 0 Å². The summed E-state index contributed by atoms with van der Waals surface area (Å²) in [5, 5.41) is 6.73. The number of carbonyl (C=O) groups excluding carboxylic acids is 1. The maximum atomic E-state index is 12.0. The molecule has 1 aromatic heterocycles. The van der Waals surface area contributed by atoms with Gasteiger partial charge in [0, 0.05) is 23.6 Å². The van der Waals surface area contributed by atoms with Gasteiger partial charge in [-0.25, -0.2) is 4.79 Å². The number of carbonyl (C=O) groups is 1. The van der Waals surface area contributed by atoms with Crippen molar-refractivity contribution in [3.05, 3.63) is 60.3 Å². The lowest BCUT2D eigenvalue weighted by Gasteiger charge is -2.08. The smallest absolute Gasteiger partial charge is 0.319 e. The number of fused-ring (bicyclic) bond motifs is 1. The number of para-hydroxylation sites is 1. The molecular weight excluding hydrogens is 290 g/mol. The van der Waals surface area contributed by atoms with Crippen LogP contribution in [0.2, 0.25) is 0 Å². The van der Waals surface area contributed by atoms with Crippen molar-refractivity contribution in [1.82, 2.24) is 10.3 Å². The lowest BCUT2D eigenvalue weighted by molar-refractivity contribution is 0.252. The van der Waals surface area contributed by atoms with E-state index in [0.29, 0.717) is 6.54 Å². The van der Waals surface area contributed by atoms with E-state index in [9.17, 15) is 4.79 Å². The highest BCUT2D eigenvalue weighted by molar-refractivity contribution is 6.00. The fraction of sp³-hybridized carbons (Fsp3) is 0.167. The number of benzene rings is 2. The van der Waals surface area contributed by atoms with E-state index in [1.807, 2.05) is 48.5 Å². The zero-order valence-corrected chi connectivity index (χ0v) is 12.9. The molecule has 3 aromatic rings. The Labute approximate surface area is 134 Å². The third-order valence-electron chi connectivity index (χ3n) is 3.67. The first-order chi connectivity index (χ1) is 11.3. The maximum absolute atomic E-state index is 12.0. The van der Waals surface area contributed by atoms with Gasteiger partial charge in [-0.15, -0.1) is 0 Å². The number of aromatic amines is 1. The molecule has 0 aliphatic rings. The van der Waals surface area contributed by atoms with Gasteiger partial charge in [0.2, 0.25) is 0 Å². The van der Waals surface area contributed by atoms with Gasteiger partial charge in [-0.3, -0.25) is 0 Å². The van der Waals surface area contributed by atoms with Gasteiger partial charge in [-0.1, -0.05) is 30.3 Å². The number of methoxy groups -OCH3 is 1. The number of urea groups is 1. The Hall–Kier alpha value is -2.95. The summed E-state index contributed by atoms with van der Waals surface area (Å²) in [4.78, 5) is 15.1. The molecule has 23 heavy (non-hydrogen) atoms. The highest BCUT2D eigenvalue weighted by Gasteiger charge is 2.06. The molecule has 2 aromatic carbocycles. The van der Waals surface area contributed by atoms with Crippen molar-refractivity contribution < 1.29 is 9.53 Å². The van der Waals surface area contributed by atoms with Crippen LogP contribution in [0.3, 0.4) is 0 Å². The second-order valence-corrected chi connectivity index (χ2v) is 5.23. The van der Waals surface area contributed by atoms with E-state index in [2.05, 4.69) is 15.6 Å². The van der Waals surface area contributed by atoms with E-state index in [0.717, 1.165) is 34.3 Å². The minimum absolute atomic E-state index is 0.211. The fourth-order valence-corrected chi connectivity index (χ4v) is 2.49. The lowest BCUT2D eigenvalue weighted by atomic mass is 10.1. The molecule has 5 heteroatoms. The zero-order valence-electron chi connectivity index (χ0n) is 12.9. The van der Waals surface area contributed by atoms with E-state index >= 15 is 0 Å². The van der Waals surface area contributed by atoms with Crippen molar-refractivity contribution in [3.8, 4) is 5.75 Å². The third-order valence-corrected chi connectivity index (χ3v) is 3.67. The van der Waals surface area contributed by atoms with Crippen molar-refractivity contribution in [2.24, 2.45) is 0 Å². The summed E-state index contributed by atoms with van der Waals surface area (Å²) in [7, 11) is 1.64. The summed E-state index contributed by atoms with van der Waals surface area (Å²) in [6.07, 6.45) is 2.55. The van der Waals surface area contributed by atoms with Crippen molar-refractivity contribution in [1.29, 1.82) is 0 Å². The second kappa shape index (κ2) is 6.87. The Morgan fingerprint density at radius 2 is 2.04 bits per heavy atom. The number of anilines is 1. The molecule has 5 nitrogen and oxygen atoms in total. The van der Waals surface area contributed by atoms with Gasteiger partial charge in [0.05, 0.1) is 12.8 Å². The van der Waals surface area contributed by atoms with E-state index in [4.69, 9.17) is 4.74 Å². The molecule has 0 radical (unpaired) electrons. The number of hydrogen-bond acceptors (Lipinski definition) is 2. The van der Waals surface area contributed by atoms with Crippen LogP contribution < -0.4 is 15.4 Å². The summed E-state index contributed by atoms with van der Waals surface area (Å²) in [5.41, 5.74) is 2.90. The molecule has 2 amide bonds. The minimum atomic E-state index is -0.211. The number of ether oxygens (including phenoxy) is 1. The molecule has 0 fully saturated rings. The predicted molar refractivity (Wildman–Crippen MR) is 92.0 cm³/mol. The molecule has 0 saturated heterocycles. The van der Waals surface area contributed by atoms with Crippen molar-refractivity contribution >= 4 is 22.6 Å². The Bertz CT molecular complexity index is 811. The van der Waals surface area contributed by atoms with Gasteiger partial charge >= 0.3 is 6.03 Å². The number of amides is 2. The van der Waals surface area contributed by atoms with Crippen molar-refractivity contribution in [3.63, 3.8) is 0 Å². The summed E-state index contributed by atoms with van der Waals surface area (Å²) in [6.45, 7) is 0.557. The van der Waals surface area contributed by atoms with Gasteiger partial charge in [0.1, 0.15) is 5.75 Å². The van der Waals surface area contributed by atoms with E-state index < -0.39 is 0 Å². The Balaban J connectivity index is 1.53. The first-order valence-electron chi connectivity index (χ1n) is 7.50. The number of hydrogen-bond donors (Lipinski definition) is 3. The first-order valence-corrected chi connectivity index (χ1v) is 7.50. The van der Waals surface area contributed by atoms with Gasteiger partial charge in [0.15, 0.2) is 0 Å². The predicted octanol–water partition coefficient (Wildman–Crippen LogP) is 3.54. The van der Waals surface area contributed by atoms with Crippen molar-refractivity contribution in [2.75, 3.05) is 19.0 Å².